The highest BCUT2D eigenvalue weighted by atomic mass is 79.9. The normalized spacial score (nSPS) is 10.3. The molecule has 1 N–H and O–H groups in total. The van der Waals surface area contributed by atoms with Gasteiger partial charge in [-0.25, -0.2) is 13.8 Å². The Morgan fingerprint density at radius 2 is 2.05 bits per heavy atom. The molecule has 0 aliphatic rings. The predicted octanol–water partition coefficient (Wildman–Crippen LogP) is 3.05. The quantitative estimate of drug-likeness (QED) is 0.881. The van der Waals surface area contributed by atoms with E-state index in [2.05, 4.69) is 26.2 Å². The van der Waals surface area contributed by atoms with Crippen molar-refractivity contribution in [2.24, 2.45) is 0 Å². The van der Waals surface area contributed by atoms with Gasteiger partial charge in [0.1, 0.15) is 21.9 Å². The fourth-order valence-electron chi connectivity index (χ4n) is 1.48. The van der Waals surface area contributed by atoms with E-state index in [1.54, 1.807) is 12.1 Å². The highest BCUT2D eigenvalue weighted by Crippen LogP contribution is 2.10. The Bertz CT molecular complexity index is 619. The van der Waals surface area contributed by atoms with Gasteiger partial charge in [0.05, 0.1) is 0 Å². The Hall–Kier alpha value is -1.82. The lowest BCUT2D eigenvalue weighted by Gasteiger charge is -2.06. The van der Waals surface area contributed by atoms with Crippen LogP contribution in [0.2, 0.25) is 0 Å². The monoisotopic (exact) mass is 326 g/mol. The molecule has 0 saturated heterocycles. The fourth-order valence-corrected chi connectivity index (χ4v) is 1.82. The zero-order valence-electron chi connectivity index (χ0n) is 9.66. The third-order valence-corrected chi connectivity index (χ3v) is 2.84. The maximum Gasteiger partial charge on any atom is 0.270 e. The van der Waals surface area contributed by atoms with Gasteiger partial charge in [-0.3, -0.25) is 4.79 Å². The molecule has 1 aromatic heterocycles. The summed E-state index contributed by atoms with van der Waals surface area (Å²) in [4.78, 5) is 15.7. The van der Waals surface area contributed by atoms with Crippen LogP contribution < -0.4 is 5.32 Å². The van der Waals surface area contributed by atoms with Crippen LogP contribution in [0.1, 0.15) is 16.1 Å². The molecule has 98 valence electrons. The van der Waals surface area contributed by atoms with E-state index in [9.17, 15) is 13.6 Å². The summed E-state index contributed by atoms with van der Waals surface area (Å²) in [6, 6.07) is 7.97. The molecule has 1 heterocycles. The highest BCUT2D eigenvalue weighted by Gasteiger charge is 2.09. The molecule has 0 radical (unpaired) electrons. The van der Waals surface area contributed by atoms with Gasteiger partial charge in [0, 0.05) is 12.1 Å². The fraction of sp³-hybridized carbons (Fsp3) is 0.0769. The van der Waals surface area contributed by atoms with E-state index >= 15 is 0 Å². The molecule has 3 nitrogen and oxygen atoms in total. The van der Waals surface area contributed by atoms with Gasteiger partial charge in [-0.2, -0.15) is 0 Å². The van der Waals surface area contributed by atoms with E-state index in [0.29, 0.717) is 4.60 Å². The maximum atomic E-state index is 13.3. The average molecular weight is 327 g/mol. The molecule has 0 aliphatic heterocycles. The van der Waals surface area contributed by atoms with E-state index < -0.39 is 17.5 Å². The van der Waals surface area contributed by atoms with Crippen molar-refractivity contribution in [3.05, 3.63) is 63.9 Å². The molecule has 0 spiro atoms. The molecular weight excluding hydrogens is 318 g/mol. The van der Waals surface area contributed by atoms with E-state index in [4.69, 9.17) is 0 Å². The summed E-state index contributed by atoms with van der Waals surface area (Å²) in [5.41, 5.74) is 0.287. The molecule has 0 bridgehead atoms. The Kier molecular flexibility index (Phi) is 4.21. The van der Waals surface area contributed by atoms with E-state index in [-0.39, 0.29) is 17.8 Å². The first kappa shape index (κ1) is 13.6. The van der Waals surface area contributed by atoms with Crippen LogP contribution in [0.15, 0.2) is 41.0 Å². The van der Waals surface area contributed by atoms with Crippen molar-refractivity contribution in [2.75, 3.05) is 0 Å². The number of rotatable bonds is 3. The number of benzene rings is 1. The summed E-state index contributed by atoms with van der Waals surface area (Å²) in [5, 5.41) is 2.48. The second kappa shape index (κ2) is 5.88. The van der Waals surface area contributed by atoms with Crippen molar-refractivity contribution < 1.29 is 13.6 Å². The minimum absolute atomic E-state index is 0.0864. The van der Waals surface area contributed by atoms with Crippen LogP contribution in [0.5, 0.6) is 0 Å². The van der Waals surface area contributed by atoms with E-state index in [1.165, 1.54) is 6.07 Å². The number of carbonyl (C=O) groups is 1. The standard InChI is InChI=1S/C13H9BrF2N2O/c14-12-3-1-2-11(18-12)13(19)17-7-8-6-9(15)4-5-10(8)16/h1-6H,7H2,(H,17,19). The third-order valence-electron chi connectivity index (χ3n) is 2.39. The number of amides is 1. The first-order valence-corrected chi connectivity index (χ1v) is 6.20. The summed E-state index contributed by atoms with van der Waals surface area (Å²) in [6.45, 7) is -0.101. The average Bonchev–Trinajstić information content (AvgIpc) is 2.39. The first-order chi connectivity index (χ1) is 9.06. The van der Waals surface area contributed by atoms with Gasteiger partial charge in [0.15, 0.2) is 0 Å². The minimum Gasteiger partial charge on any atom is -0.347 e. The Labute approximate surface area is 116 Å². The molecule has 1 amide bonds. The molecule has 0 unspecified atom stereocenters. The molecule has 1 aromatic carbocycles. The number of carbonyl (C=O) groups excluding carboxylic acids is 1. The Balaban J connectivity index is 2.06. The number of hydrogen-bond donors (Lipinski definition) is 1. The van der Waals surface area contributed by atoms with Gasteiger partial charge in [-0.05, 0) is 46.3 Å². The molecule has 0 fully saturated rings. The van der Waals surface area contributed by atoms with Crippen molar-refractivity contribution in [3.63, 3.8) is 0 Å². The van der Waals surface area contributed by atoms with Crippen molar-refractivity contribution in [1.29, 1.82) is 0 Å². The summed E-state index contributed by atoms with van der Waals surface area (Å²) >= 11 is 3.15. The van der Waals surface area contributed by atoms with Crippen LogP contribution in [-0.2, 0) is 6.54 Å². The Morgan fingerprint density at radius 3 is 2.79 bits per heavy atom. The SMILES string of the molecule is O=C(NCc1cc(F)ccc1F)c1cccc(Br)n1. The van der Waals surface area contributed by atoms with Gasteiger partial charge < -0.3 is 5.32 Å². The minimum atomic E-state index is -0.566. The lowest BCUT2D eigenvalue weighted by Crippen LogP contribution is -2.24. The zero-order valence-corrected chi connectivity index (χ0v) is 11.2. The number of pyridine rings is 1. The van der Waals surface area contributed by atoms with Crippen molar-refractivity contribution >= 4 is 21.8 Å². The second-order valence-electron chi connectivity index (χ2n) is 3.76. The smallest absolute Gasteiger partial charge is 0.270 e. The largest absolute Gasteiger partial charge is 0.347 e. The van der Waals surface area contributed by atoms with Gasteiger partial charge in [-0.1, -0.05) is 6.07 Å². The number of aromatic nitrogens is 1. The molecule has 0 aliphatic carbocycles. The number of halogens is 3. The van der Waals surface area contributed by atoms with Crippen LogP contribution >= 0.6 is 15.9 Å². The van der Waals surface area contributed by atoms with Crippen LogP contribution in [0.3, 0.4) is 0 Å². The highest BCUT2D eigenvalue weighted by molar-refractivity contribution is 9.10. The predicted molar refractivity (Wildman–Crippen MR) is 69.5 cm³/mol. The maximum absolute atomic E-state index is 13.3. The molecule has 6 heteroatoms. The lowest BCUT2D eigenvalue weighted by molar-refractivity contribution is 0.0945. The molecule has 2 rings (SSSR count). The van der Waals surface area contributed by atoms with E-state index in [0.717, 1.165) is 18.2 Å². The molecule has 2 aromatic rings. The van der Waals surface area contributed by atoms with Gasteiger partial charge >= 0.3 is 0 Å². The van der Waals surface area contributed by atoms with Crippen LogP contribution in [0, 0.1) is 11.6 Å². The Morgan fingerprint density at radius 1 is 1.26 bits per heavy atom. The molecule has 0 saturated carbocycles. The summed E-state index contributed by atoms with van der Waals surface area (Å²) in [5.74, 6) is -1.57. The third kappa shape index (κ3) is 3.57. The van der Waals surface area contributed by atoms with Crippen LogP contribution in [0.25, 0.3) is 0 Å². The number of hydrogen-bond acceptors (Lipinski definition) is 2. The van der Waals surface area contributed by atoms with Gasteiger partial charge in [0.25, 0.3) is 5.91 Å². The number of nitrogens with one attached hydrogen (secondary N) is 1. The van der Waals surface area contributed by atoms with Gasteiger partial charge in [0.2, 0.25) is 0 Å². The molecule has 19 heavy (non-hydrogen) atoms. The van der Waals surface area contributed by atoms with E-state index in [1.807, 2.05) is 0 Å². The number of nitrogens with zero attached hydrogens (tertiary/aromatic N) is 1. The first-order valence-electron chi connectivity index (χ1n) is 5.41. The summed E-state index contributed by atoms with van der Waals surface area (Å²) in [6.07, 6.45) is 0. The zero-order chi connectivity index (χ0) is 13.8. The topological polar surface area (TPSA) is 42.0 Å². The van der Waals surface area contributed by atoms with Crippen molar-refractivity contribution in [2.45, 2.75) is 6.54 Å². The second-order valence-corrected chi connectivity index (χ2v) is 4.58. The van der Waals surface area contributed by atoms with Crippen molar-refractivity contribution in [3.8, 4) is 0 Å². The molecular formula is C13H9BrF2N2O. The van der Waals surface area contributed by atoms with Crippen molar-refractivity contribution in [1.82, 2.24) is 10.3 Å². The summed E-state index contributed by atoms with van der Waals surface area (Å²) < 4.78 is 26.8. The van der Waals surface area contributed by atoms with Crippen LogP contribution in [-0.4, -0.2) is 10.9 Å². The summed E-state index contributed by atoms with van der Waals surface area (Å²) in [7, 11) is 0. The van der Waals surface area contributed by atoms with Gasteiger partial charge in [-0.15, -0.1) is 0 Å². The molecule has 0 atom stereocenters. The van der Waals surface area contributed by atoms with Crippen LogP contribution in [0.4, 0.5) is 8.78 Å². The lowest BCUT2D eigenvalue weighted by atomic mass is 10.2.